The Morgan fingerprint density at radius 3 is 2.41 bits per heavy atom. The molecular weight excluding hydrogens is 274 g/mol. The highest BCUT2D eigenvalue weighted by atomic mass is 16.1. The third-order valence-electron chi connectivity index (χ3n) is 4.29. The van der Waals surface area contributed by atoms with E-state index in [1.54, 1.807) is 10.7 Å². The van der Waals surface area contributed by atoms with Gasteiger partial charge in [-0.2, -0.15) is 5.10 Å². The molecule has 1 saturated heterocycles. The van der Waals surface area contributed by atoms with E-state index in [4.69, 9.17) is 0 Å². The lowest BCUT2D eigenvalue weighted by Crippen LogP contribution is -2.35. The average Bonchev–Trinajstić information content (AvgIpc) is 2.56. The molecule has 0 radical (unpaired) electrons. The molecule has 0 spiro atoms. The molecular formula is C18H23N3O. The Balaban J connectivity index is 1.74. The number of aromatic nitrogens is 2. The van der Waals surface area contributed by atoms with E-state index in [1.165, 1.54) is 24.8 Å². The molecule has 2 aromatic rings. The third kappa shape index (κ3) is 3.63. The van der Waals surface area contributed by atoms with Gasteiger partial charge in [-0.05, 0) is 38.9 Å². The molecule has 116 valence electrons. The summed E-state index contributed by atoms with van der Waals surface area (Å²) >= 11 is 0. The zero-order valence-electron chi connectivity index (χ0n) is 13.2. The van der Waals surface area contributed by atoms with Crippen LogP contribution in [0.4, 0.5) is 0 Å². The molecule has 1 aromatic heterocycles. The second kappa shape index (κ2) is 6.88. The molecule has 0 bridgehead atoms. The molecule has 2 heterocycles. The first-order valence-electron chi connectivity index (χ1n) is 8.10. The van der Waals surface area contributed by atoms with Crippen LogP contribution in [0.1, 0.15) is 24.8 Å². The van der Waals surface area contributed by atoms with Crippen LogP contribution in [0, 0.1) is 6.92 Å². The van der Waals surface area contributed by atoms with Gasteiger partial charge in [0.2, 0.25) is 0 Å². The Kier molecular flexibility index (Phi) is 4.68. The van der Waals surface area contributed by atoms with E-state index in [2.05, 4.69) is 41.2 Å². The number of piperidine rings is 1. The SMILES string of the molecule is Cc1ccc(-c2ccc(=O)n(CCN3CCCCC3)n2)cc1. The van der Waals surface area contributed by atoms with Crippen LogP contribution in [-0.2, 0) is 6.54 Å². The Bertz CT molecular complexity index is 669. The first-order valence-corrected chi connectivity index (χ1v) is 8.10. The van der Waals surface area contributed by atoms with Crippen molar-refractivity contribution in [3.05, 3.63) is 52.3 Å². The van der Waals surface area contributed by atoms with Gasteiger partial charge in [-0.25, -0.2) is 4.68 Å². The number of rotatable bonds is 4. The summed E-state index contributed by atoms with van der Waals surface area (Å²) in [4.78, 5) is 14.4. The maximum absolute atomic E-state index is 12.0. The van der Waals surface area contributed by atoms with Crippen LogP contribution in [0.5, 0.6) is 0 Å². The lowest BCUT2D eigenvalue weighted by molar-refractivity contribution is 0.216. The van der Waals surface area contributed by atoms with Crippen LogP contribution in [-0.4, -0.2) is 34.3 Å². The van der Waals surface area contributed by atoms with Crippen molar-refractivity contribution in [2.45, 2.75) is 32.7 Å². The minimum absolute atomic E-state index is 0.0205. The third-order valence-corrected chi connectivity index (χ3v) is 4.29. The van der Waals surface area contributed by atoms with Crippen LogP contribution < -0.4 is 5.56 Å². The summed E-state index contributed by atoms with van der Waals surface area (Å²) in [6, 6.07) is 11.7. The molecule has 3 rings (SSSR count). The van der Waals surface area contributed by atoms with Gasteiger partial charge < -0.3 is 4.90 Å². The quantitative estimate of drug-likeness (QED) is 0.871. The molecule has 1 aliphatic rings. The second-order valence-electron chi connectivity index (χ2n) is 6.05. The minimum Gasteiger partial charge on any atom is -0.301 e. The monoisotopic (exact) mass is 297 g/mol. The number of nitrogens with zero attached hydrogens (tertiary/aromatic N) is 3. The summed E-state index contributed by atoms with van der Waals surface area (Å²) in [6.07, 6.45) is 3.87. The number of hydrogen-bond acceptors (Lipinski definition) is 3. The Morgan fingerprint density at radius 2 is 1.68 bits per heavy atom. The lowest BCUT2D eigenvalue weighted by Gasteiger charge is -2.26. The van der Waals surface area contributed by atoms with Crippen molar-refractivity contribution in [1.82, 2.24) is 14.7 Å². The van der Waals surface area contributed by atoms with Crippen molar-refractivity contribution < 1.29 is 0 Å². The molecule has 22 heavy (non-hydrogen) atoms. The predicted octanol–water partition coefficient (Wildman–Crippen LogP) is 2.70. The summed E-state index contributed by atoms with van der Waals surface area (Å²) in [7, 11) is 0. The zero-order chi connectivity index (χ0) is 15.4. The molecule has 4 heteroatoms. The van der Waals surface area contributed by atoms with E-state index < -0.39 is 0 Å². The molecule has 1 aliphatic heterocycles. The summed E-state index contributed by atoms with van der Waals surface area (Å²) in [5.74, 6) is 0. The Labute approximate surface area is 131 Å². The van der Waals surface area contributed by atoms with E-state index >= 15 is 0 Å². The van der Waals surface area contributed by atoms with Crippen molar-refractivity contribution in [3.8, 4) is 11.3 Å². The van der Waals surface area contributed by atoms with Crippen LogP contribution in [0.2, 0.25) is 0 Å². The fourth-order valence-electron chi connectivity index (χ4n) is 2.91. The fourth-order valence-corrected chi connectivity index (χ4v) is 2.91. The van der Waals surface area contributed by atoms with Gasteiger partial charge in [-0.15, -0.1) is 0 Å². The van der Waals surface area contributed by atoms with Crippen molar-refractivity contribution in [1.29, 1.82) is 0 Å². The van der Waals surface area contributed by atoms with E-state index in [9.17, 15) is 4.79 Å². The smallest absolute Gasteiger partial charge is 0.266 e. The van der Waals surface area contributed by atoms with Crippen LogP contribution in [0.25, 0.3) is 11.3 Å². The van der Waals surface area contributed by atoms with Crippen molar-refractivity contribution in [2.75, 3.05) is 19.6 Å². The van der Waals surface area contributed by atoms with Gasteiger partial charge in [0.1, 0.15) is 0 Å². The summed E-state index contributed by atoms with van der Waals surface area (Å²) in [6.45, 7) is 5.93. The van der Waals surface area contributed by atoms with Gasteiger partial charge in [0.15, 0.2) is 0 Å². The molecule has 0 saturated carbocycles. The first kappa shape index (κ1) is 15.0. The summed E-state index contributed by atoms with van der Waals surface area (Å²) < 4.78 is 1.60. The molecule has 1 aromatic carbocycles. The minimum atomic E-state index is -0.0205. The number of benzene rings is 1. The van der Waals surface area contributed by atoms with E-state index in [1.807, 2.05) is 6.07 Å². The van der Waals surface area contributed by atoms with Crippen LogP contribution in [0.3, 0.4) is 0 Å². The predicted molar refractivity (Wildman–Crippen MR) is 89.0 cm³/mol. The largest absolute Gasteiger partial charge is 0.301 e. The van der Waals surface area contributed by atoms with Crippen LogP contribution in [0.15, 0.2) is 41.2 Å². The van der Waals surface area contributed by atoms with Crippen molar-refractivity contribution in [3.63, 3.8) is 0 Å². The lowest BCUT2D eigenvalue weighted by atomic mass is 10.1. The molecule has 0 unspecified atom stereocenters. The maximum Gasteiger partial charge on any atom is 0.266 e. The fraction of sp³-hybridized carbons (Fsp3) is 0.444. The summed E-state index contributed by atoms with van der Waals surface area (Å²) in [5, 5.41) is 4.53. The van der Waals surface area contributed by atoms with E-state index in [0.29, 0.717) is 6.54 Å². The van der Waals surface area contributed by atoms with Crippen molar-refractivity contribution in [2.24, 2.45) is 0 Å². The molecule has 0 N–H and O–H groups in total. The van der Waals surface area contributed by atoms with E-state index in [-0.39, 0.29) is 5.56 Å². The Hall–Kier alpha value is -1.94. The second-order valence-corrected chi connectivity index (χ2v) is 6.05. The van der Waals surface area contributed by atoms with Gasteiger partial charge in [-0.1, -0.05) is 36.2 Å². The maximum atomic E-state index is 12.0. The Morgan fingerprint density at radius 1 is 0.955 bits per heavy atom. The normalized spacial score (nSPS) is 15.9. The number of aryl methyl sites for hydroxylation is 1. The highest BCUT2D eigenvalue weighted by molar-refractivity contribution is 5.58. The highest BCUT2D eigenvalue weighted by Crippen LogP contribution is 2.16. The van der Waals surface area contributed by atoms with Crippen LogP contribution >= 0.6 is 0 Å². The molecule has 4 nitrogen and oxygen atoms in total. The molecule has 1 fully saturated rings. The molecule has 0 atom stereocenters. The van der Waals surface area contributed by atoms with Crippen molar-refractivity contribution >= 4 is 0 Å². The standard InChI is InChI=1S/C18H23N3O/c1-15-5-7-16(8-6-15)17-9-10-18(22)21(19-17)14-13-20-11-3-2-4-12-20/h5-10H,2-4,11-14H2,1H3. The van der Waals surface area contributed by atoms with Gasteiger partial charge in [0, 0.05) is 18.2 Å². The first-order chi connectivity index (χ1) is 10.7. The number of likely N-dealkylation sites (tertiary alicyclic amines) is 1. The molecule has 0 amide bonds. The molecule has 0 aliphatic carbocycles. The van der Waals surface area contributed by atoms with Gasteiger partial charge >= 0.3 is 0 Å². The average molecular weight is 297 g/mol. The van der Waals surface area contributed by atoms with Gasteiger partial charge in [-0.3, -0.25) is 4.79 Å². The highest BCUT2D eigenvalue weighted by Gasteiger charge is 2.10. The zero-order valence-corrected chi connectivity index (χ0v) is 13.2. The summed E-state index contributed by atoms with van der Waals surface area (Å²) in [5.41, 5.74) is 3.12. The topological polar surface area (TPSA) is 38.1 Å². The number of hydrogen-bond donors (Lipinski definition) is 0. The van der Waals surface area contributed by atoms with Gasteiger partial charge in [0.05, 0.1) is 12.2 Å². The van der Waals surface area contributed by atoms with E-state index in [0.717, 1.165) is 30.9 Å². The van der Waals surface area contributed by atoms with Gasteiger partial charge in [0.25, 0.3) is 5.56 Å².